The quantitative estimate of drug-likeness (QED) is 0.909. The minimum atomic E-state index is -0.0189. The van der Waals surface area contributed by atoms with Crippen LogP contribution in [0.15, 0.2) is 11.6 Å². The van der Waals surface area contributed by atoms with E-state index in [4.69, 9.17) is 0 Å². The maximum absolute atomic E-state index is 12.2. The summed E-state index contributed by atoms with van der Waals surface area (Å²) in [6, 6.07) is 0.291. The molecule has 3 unspecified atom stereocenters. The fraction of sp³-hybridized carbons (Fsp3) is 0.667. The Hall–Kier alpha value is -0.750. The van der Waals surface area contributed by atoms with Gasteiger partial charge in [-0.15, -0.1) is 11.3 Å². The van der Waals surface area contributed by atoms with Gasteiger partial charge in [-0.1, -0.05) is 6.92 Å². The van der Waals surface area contributed by atoms with Crippen molar-refractivity contribution in [1.29, 1.82) is 0 Å². The number of carbonyl (C=O) groups excluding carboxylic acids is 1. The molecule has 18 heavy (non-hydrogen) atoms. The lowest BCUT2D eigenvalue weighted by Crippen LogP contribution is -2.52. The maximum Gasteiger partial charge on any atom is 0.318 e. The molecule has 0 aromatic carbocycles. The number of nitrogens with zero attached hydrogens (tertiary/aromatic N) is 2. The van der Waals surface area contributed by atoms with Gasteiger partial charge in [0.2, 0.25) is 0 Å². The molecule has 2 amide bonds. The van der Waals surface area contributed by atoms with E-state index < -0.39 is 0 Å². The van der Waals surface area contributed by atoms with E-state index in [-0.39, 0.29) is 18.1 Å². The number of amides is 2. The Morgan fingerprint density at radius 1 is 1.61 bits per heavy atom. The van der Waals surface area contributed by atoms with E-state index in [1.165, 1.54) is 0 Å². The SMILES string of the molecule is CC(NC(=O)N1CCSC(C)C1C)c1nccs1. The second kappa shape index (κ2) is 5.93. The van der Waals surface area contributed by atoms with E-state index >= 15 is 0 Å². The molecular formula is C12H19N3OS2. The predicted octanol–water partition coefficient (Wildman–Crippen LogP) is 2.74. The number of thioether (sulfide) groups is 1. The van der Waals surface area contributed by atoms with Crippen molar-refractivity contribution in [3.63, 3.8) is 0 Å². The minimum Gasteiger partial charge on any atom is -0.329 e. The van der Waals surface area contributed by atoms with Crippen molar-refractivity contribution >= 4 is 29.1 Å². The molecule has 0 bridgehead atoms. The maximum atomic E-state index is 12.2. The highest BCUT2D eigenvalue weighted by molar-refractivity contribution is 8.00. The third kappa shape index (κ3) is 2.98. The van der Waals surface area contributed by atoms with E-state index in [9.17, 15) is 4.79 Å². The molecule has 3 atom stereocenters. The number of hydrogen-bond donors (Lipinski definition) is 1. The largest absolute Gasteiger partial charge is 0.329 e. The zero-order valence-electron chi connectivity index (χ0n) is 10.9. The van der Waals surface area contributed by atoms with Crippen LogP contribution in [0.1, 0.15) is 31.8 Å². The number of urea groups is 1. The van der Waals surface area contributed by atoms with E-state index in [2.05, 4.69) is 24.1 Å². The smallest absolute Gasteiger partial charge is 0.318 e. The highest BCUT2D eigenvalue weighted by Gasteiger charge is 2.29. The summed E-state index contributed by atoms with van der Waals surface area (Å²) in [5, 5.41) is 6.41. The highest BCUT2D eigenvalue weighted by atomic mass is 32.2. The first-order valence-electron chi connectivity index (χ1n) is 6.17. The molecule has 6 heteroatoms. The predicted molar refractivity (Wildman–Crippen MR) is 77.1 cm³/mol. The van der Waals surface area contributed by atoms with Crippen LogP contribution >= 0.6 is 23.1 Å². The number of thiazole rings is 1. The lowest BCUT2D eigenvalue weighted by Gasteiger charge is -2.37. The zero-order valence-corrected chi connectivity index (χ0v) is 12.6. The number of nitrogens with one attached hydrogen (secondary N) is 1. The van der Waals surface area contributed by atoms with Gasteiger partial charge in [-0.05, 0) is 13.8 Å². The third-order valence-electron chi connectivity index (χ3n) is 3.31. The normalized spacial score (nSPS) is 25.8. The summed E-state index contributed by atoms with van der Waals surface area (Å²) in [6.07, 6.45) is 1.77. The average molecular weight is 285 g/mol. The molecule has 100 valence electrons. The molecule has 0 radical (unpaired) electrons. The van der Waals surface area contributed by atoms with Crippen LogP contribution in [-0.2, 0) is 0 Å². The molecule has 1 aromatic heterocycles. The number of aromatic nitrogens is 1. The van der Waals surface area contributed by atoms with Gasteiger partial charge in [0.25, 0.3) is 0 Å². The molecule has 1 N–H and O–H groups in total. The van der Waals surface area contributed by atoms with Gasteiger partial charge in [-0.25, -0.2) is 9.78 Å². The summed E-state index contributed by atoms with van der Waals surface area (Å²) >= 11 is 3.50. The summed E-state index contributed by atoms with van der Waals surface area (Å²) in [6.45, 7) is 7.10. The van der Waals surface area contributed by atoms with Gasteiger partial charge in [0.1, 0.15) is 5.01 Å². The van der Waals surface area contributed by atoms with Gasteiger partial charge in [0, 0.05) is 35.2 Å². The number of carbonyl (C=O) groups is 1. The fourth-order valence-electron chi connectivity index (χ4n) is 2.00. The molecule has 1 aliphatic rings. The minimum absolute atomic E-state index is 0.0189. The van der Waals surface area contributed by atoms with Gasteiger partial charge < -0.3 is 10.2 Å². The Labute approximate surface area is 116 Å². The van der Waals surface area contributed by atoms with Crippen molar-refractivity contribution in [3.05, 3.63) is 16.6 Å². The van der Waals surface area contributed by atoms with Gasteiger partial charge in [-0.2, -0.15) is 11.8 Å². The Morgan fingerprint density at radius 2 is 2.39 bits per heavy atom. The van der Waals surface area contributed by atoms with Crippen molar-refractivity contribution in [2.45, 2.75) is 38.1 Å². The zero-order chi connectivity index (χ0) is 13.1. The van der Waals surface area contributed by atoms with Crippen LogP contribution < -0.4 is 5.32 Å². The first-order valence-corrected chi connectivity index (χ1v) is 8.10. The van der Waals surface area contributed by atoms with Crippen LogP contribution in [0.4, 0.5) is 4.79 Å². The van der Waals surface area contributed by atoms with E-state index in [1.54, 1.807) is 17.5 Å². The Kier molecular flexibility index (Phi) is 4.50. The van der Waals surface area contributed by atoms with Crippen molar-refractivity contribution in [3.8, 4) is 0 Å². The van der Waals surface area contributed by atoms with Gasteiger partial charge in [-0.3, -0.25) is 0 Å². The third-order valence-corrected chi connectivity index (χ3v) is 5.60. The fourth-order valence-corrected chi connectivity index (χ4v) is 3.74. The summed E-state index contributed by atoms with van der Waals surface area (Å²) in [5.41, 5.74) is 0. The number of hydrogen-bond acceptors (Lipinski definition) is 4. The standard InChI is InChI=1S/C12H19N3OS2/c1-8(11-13-4-6-18-11)14-12(16)15-5-7-17-10(3)9(15)2/h4,6,8-10H,5,7H2,1-3H3,(H,14,16). The van der Waals surface area contributed by atoms with E-state index in [0.29, 0.717) is 5.25 Å². The molecule has 2 rings (SSSR count). The van der Waals surface area contributed by atoms with Gasteiger partial charge in [0.15, 0.2) is 0 Å². The van der Waals surface area contributed by atoms with E-state index in [0.717, 1.165) is 17.3 Å². The molecule has 0 saturated carbocycles. The Bertz CT molecular complexity index is 396. The molecule has 1 saturated heterocycles. The Balaban J connectivity index is 1.95. The summed E-state index contributed by atoms with van der Waals surface area (Å²) in [7, 11) is 0. The second-order valence-corrected chi connectivity index (χ2v) is 6.96. The second-order valence-electron chi connectivity index (χ2n) is 4.55. The molecular weight excluding hydrogens is 266 g/mol. The van der Waals surface area contributed by atoms with Crippen LogP contribution in [0.3, 0.4) is 0 Å². The van der Waals surface area contributed by atoms with Gasteiger partial charge >= 0.3 is 6.03 Å². The molecule has 4 nitrogen and oxygen atoms in total. The van der Waals surface area contributed by atoms with Crippen LogP contribution in [0.2, 0.25) is 0 Å². The summed E-state index contributed by atoms with van der Waals surface area (Å²) < 4.78 is 0. The van der Waals surface area contributed by atoms with Crippen LogP contribution in [0, 0.1) is 0 Å². The van der Waals surface area contributed by atoms with Crippen molar-refractivity contribution < 1.29 is 4.79 Å². The van der Waals surface area contributed by atoms with Crippen molar-refractivity contribution in [1.82, 2.24) is 15.2 Å². The van der Waals surface area contributed by atoms with Crippen LogP contribution in [-0.4, -0.2) is 39.5 Å². The molecule has 1 aromatic rings. The van der Waals surface area contributed by atoms with Crippen molar-refractivity contribution in [2.24, 2.45) is 0 Å². The first-order chi connectivity index (χ1) is 8.59. The monoisotopic (exact) mass is 285 g/mol. The molecule has 1 aliphatic heterocycles. The Morgan fingerprint density at radius 3 is 3.06 bits per heavy atom. The number of rotatable bonds is 2. The van der Waals surface area contributed by atoms with Gasteiger partial charge in [0.05, 0.1) is 6.04 Å². The average Bonchev–Trinajstić information content (AvgIpc) is 2.86. The first kappa shape index (κ1) is 13.7. The van der Waals surface area contributed by atoms with Crippen LogP contribution in [0.25, 0.3) is 0 Å². The van der Waals surface area contributed by atoms with Crippen LogP contribution in [0.5, 0.6) is 0 Å². The van der Waals surface area contributed by atoms with Crippen molar-refractivity contribution in [2.75, 3.05) is 12.3 Å². The molecule has 1 fully saturated rings. The van der Waals surface area contributed by atoms with E-state index in [1.807, 2.05) is 29.0 Å². The summed E-state index contributed by atoms with van der Waals surface area (Å²) in [5.74, 6) is 1.02. The lowest BCUT2D eigenvalue weighted by atomic mass is 10.2. The molecule has 2 heterocycles. The lowest BCUT2D eigenvalue weighted by molar-refractivity contribution is 0.177. The summed E-state index contributed by atoms with van der Waals surface area (Å²) in [4.78, 5) is 18.4. The highest BCUT2D eigenvalue weighted by Crippen LogP contribution is 2.24. The topological polar surface area (TPSA) is 45.2 Å². The molecule has 0 spiro atoms. The molecule has 0 aliphatic carbocycles.